The number of rotatable bonds is 3. The molecule has 1 aliphatic rings. The normalized spacial score (nSPS) is 18.7. The molecule has 7 heteroatoms. The monoisotopic (exact) mass is 340 g/mol. The maximum atomic E-state index is 11.9. The number of amides is 2. The highest BCUT2D eigenvalue weighted by molar-refractivity contribution is 9.10. The molecule has 6 nitrogen and oxygen atoms in total. The minimum Gasteiger partial charge on any atom is -0.366 e. The second-order valence-electron chi connectivity index (χ2n) is 4.56. The van der Waals surface area contributed by atoms with Gasteiger partial charge in [-0.25, -0.2) is 0 Å². The van der Waals surface area contributed by atoms with Crippen LogP contribution in [0.5, 0.6) is 0 Å². The topological polar surface area (TPSA) is 87.5 Å². The minimum absolute atomic E-state index is 0.0349. The third kappa shape index (κ3) is 2.94. The molecule has 1 aromatic rings. The number of carbonyl (C=O) groups excluding carboxylic acids is 2. The van der Waals surface area contributed by atoms with Gasteiger partial charge in [0.15, 0.2) is 0 Å². The lowest BCUT2D eigenvalue weighted by Crippen LogP contribution is -2.57. The van der Waals surface area contributed by atoms with Crippen molar-refractivity contribution >= 4 is 33.4 Å². The Hall–Kier alpha value is -1.60. The van der Waals surface area contributed by atoms with Crippen LogP contribution in [0.15, 0.2) is 22.7 Å². The van der Waals surface area contributed by atoms with Gasteiger partial charge in [-0.15, -0.1) is 0 Å². The fourth-order valence-electron chi connectivity index (χ4n) is 2.30. The van der Waals surface area contributed by atoms with Crippen LogP contribution in [0.3, 0.4) is 0 Å². The minimum atomic E-state index is -0.480. The summed E-state index contributed by atoms with van der Waals surface area (Å²) in [6, 6.07) is 5.04. The predicted octanol–water partition coefficient (Wildman–Crippen LogP) is 0.0722. The first-order valence-electron chi connectivity index (χ1n) is 6.33. The van der Waals surface area contributed by atoms with Crippen molar-refractivity contribution in [1.82, 2.24) is 10.6 Å². The van der Waals surface area contributed by atoms with Crippen molar-refractivity contribution in [3.63, 3.8) is 0 Å². The third-order valence-electron chi connectivity index (χ3n) is 3.34. The maximum absolute atomic E-state index is 11.9. The molecule has 1 unspecified atom stereocenters. The Kier molecular flexibility index (Phi) is 4.61. The first-order valence-corrected chi connectivity index (χ1v) is 7.12. The van der Waals surface area contributed by atoms with Gasteiger partial charge in [0.25, 0.3) is 0 Å². The lowest BCUT2D eigenvalue weighted by molar-refractivity contribution is -0.122. The van der Waals surface area contributed by atoms with E-state index >= 15 is 0 Å². The number of primary amides is 1. The molecule has 0 bridgehead atoms. The number of nitrogens with two attached hydrogens (primary N) is 1. The molecule has 1 atom stereocenters. The van der Waals surface area contributed by atoms with Gasteiger partial charge in [0.2, 0.25) is 11.8 Å². The van der Waals surface area contributed by atoms with Gasteiger partial charge in [-0.1, -0.05) is 0 Å². The summed E-state index contributed by atoms with van der Waals surface area (Å²) >= 11 is 3.34. The van der Waals surface area contributed by atoms with E-state index in [0.29, 0.717) is 16.6 Å². The Balaban J connectivity index is 2.31. The number of anilines is 1. The first-order chi connectivity index (χ1) is 9.54. The predicted molar refractivity (Wildman–Crippen MR) is 80.7 cm³/mol. The van der Waals surface area contributed by atoms with E-state index in [9.17, 15) is 9.59 Å². The second kappa shape index (κ2) is 6.23. The van der Waals surface area contributed by atoms with Gasteiger partial charge in [0, 0.05) is 36.8 Å². The van der Waals surface area contributed by atoms with Crippen LogP contribution in [-0.4, -0.2) is 44.5 Å². The summed E-state index contributed by atoms with van der Waals surface area (Å²) in [6.07, 6.45) is 0. The van der Waals surface area contributed by atoms with Gasteiger partial charge >= 0.3 is 0 Å². The number of nitrogens with one attached hydrogen (secondary N) is 2. The second-order valence-corrected chi connectivity index (χ2v) is 5.41. The molecule has 2 rings (SSSR count). The number of halogens is 1. The molecule has 0 saturated carbocycles. The SMILES string of the molecule is CNC(=O)C1CNCCN1c1ccc(C(N)=O)c(Br)c1. The lowest BCUT2D eigenvalue weighted by atomic mass is 10.1. The van der Waals surface area contributed by atoms with Crippen molar-refractivity contribution < 1.29 is 9.59 Å². The lowest BCUT2D eigenvalue weighted by Gasteiger charge is -2.36. The number of nitrogens with zero attached hydrogens (tertiary/aromatic N) is 1. The summed E-state index contributed by atoms with van der Waals surface area (Å²) in [5, 5.41) is 5.88. The Bertz CT molecular complexity index is 535. The van der Waals surface area contributed by atoms with Crippen molar-refractivity contribution in [1.29, 1.82) is 0 Å². The van der Waals surface area contributed by atoms with E-state index in [2.05, 4.69) is 26.6 Å². The van der Waals surface area contributed by atoms with Gasteiger partial charge in [-0.05, 0) is 34.1 Å². The highest BCUT2D eigenvalue weighted by atomic mass is 79.9. The van der Waals surface area contributed by atoms with Crippen LogP contribution in [0.25, 0.3) is 0 Å². The summed E-state index contributed by atoms with van der Waals surface area (Å²) in [6.45, 7) is 2.12. The van der Waals surface area contributed by atoms with Crippen molar-refractivity contribution in [3.05, 3.63) is 28.2 Å². The van der Waals surface area contributed by atoms with E-state index in [1.165, 1.54) is 0 Å². The zero-order valence-electron chi connectivity index (χ0n) is 11.1. The summed E-state index contributed by atoms with van der Waals surface area (Å²) in [4.78, 5) is 25.2. The van der Waals surface area contributed by atoms with Crippen molar-refractivity contribution in [2.75, 3.05) is 31.6 Å². The molecule has 1 fully saturated rings. The number of hydrogen-bond donors (Lipinski definition) is 3. The van der Waals surface area contributed by atoms with Crippen molar-refractivity contribution in [3.8, 4) is 0 Å². The van der Waals surface area contributed by atoms with Gasteiger partial charge in [-0.3, -0.25) is 9.59 Å². The molecule has 1 aromatic carbocycles. The van der Waals surface area contributed by atoms with Crippen LogP contribution in [0, 0.1) is 0 Å². The molecule has 0 radical (unpaired) electrons. The molecule has 108 valence electrons. The average molecular weight is 341 g/mol. The van der Waals surface area contributed by atoms with Crippen LogP contribution >= 0.6 is 15.9 Å². The standard InChI is InChI=1S/C13H17BrN4O2/c1-16-13(20)11-7-17-4-5-18(11)8-2-3-9(12(15)19)10(14)6-8/h2-3,6,11,17H,4-5,7H2,1H3,(H2,15,19)(H,16,20). The molecular formula is C13H17BrN4O2. The number of hydrogen-bond acceptors (Lipinski definition) is 4. The van der Waals surface area contributed by atoms with Gasteiger partial charge in [0.1, 0.15) is 6.04 Å². The largest absolute Gasteiger partial charge is 0.366 e. The number of carbonyl (C=O) groups is 2. The molecule has 1 aliphatic heterocycles. The highest BCUT2D eigenvalue weighted by Crippen LogP contribution is 2.26. The van der Waals surface area contributed by atoms with E-state index in [-0.39, 0.29) is 11.9 Å². The molecule has 4 N–H and O–H groups in total. The van der Waals surface area contributed by atoms with E-state index in [0.717, 1.165) is 18.8 Å². The summed E-state index contributed by atoms with van der Waals surface area (Å²) in [7, 11) is 1.63. The maximum Gasteiger partial charge on any atom is 0.249 e. The number of benzene rings is 1. The zero-order valence-corrected chi connectivity index (χ0v) is 12.7. The summed E-state index contributed by atoms with van der Waals surface area (Å²) in [5.74, 6) is -0.515. The van der Waals surface area contributed by atoms with E-state index in [1.807, 2.05) is 17.0 Å². The Labute approximate surface area is 125 Å². The molecule has 1 saturated heterocycles. The zero-order chi connectivity index (χ0) is 14.7. The molecule has 20 heavy (non-hydrogen) atoms. The van der Waals surface area contributed by atoms with Crippen molar-refractivity contribution in [2.45, 2.75) is 6.04 Å². The average Bonchev–Trinajstić information content (AvgIpc) is 2.46. The van der Waals surface area contributed by atoms with Crippen molar-refractivity contribution in [2.24, 2.45) is 5.73 Å². The molecule has 0 spiro atoms. The number of piperazine rings is 1. The molecular weight excluding hydrogens is 324 g/mol. The van der Waals surface area contributed by atoms with Gasteiger partial charge < -0.3 is 21.3 Å². The van der Waals surface area contributed by atoms with Crippen LogP contribution in [0.4, 0.5) is 5.69 Å². The Morgan fingerprint density at radius 1 is 1.50 bits per heavy atom. The van der Waals surface area contributed by atoms with Crippen LogP contribution in [0.2, 0.25) is 0 Å². The summed E-state index contributed by atoms with van der Waals surface area (Å²) < 4.78 is 0.636. The number of likely N-dealkylation sites (N-methyl/N-ethyl adjacent to an activating group) is 1. The molecule has 0 aromatic heterocycles. The third-order valence-corrected chi connectivity index (χ3v) is 4.00. The van der Waals surface area contributed by atoms with Gasteiger partial charge in [-0.2, -0.15) is 0 Å². The Morgan fingerprint density at radius 3 is 2.85 bits per heavy atom. The fourth-order valence-corrected chi connectivity index (χ4v) is 2.86. The molecule has 2 amide bonds. The fraction of sp³-hybridized carbons (Fsp3) is 0.385. The summed E-state index contributed by atoms with van der Waals surface area (Å²) in [5.41, 5.74) is 6.60. The van der Waals surface area contributed by atoms with E-state index in [4.69, 9.17) is 5.73 Å². The van der Waals surface area contributed by atoms with Crippen LogP contribution in [-0.2, 0) is 4.79 Å². The van der Waals surface area contributed by atoms with E-state index < -0.39 is 5.91 Å². The van der Waals surface area contributed by atoms with Crippen LogP contribution in [0.1, 0.15) is 10.4 Å². The molecule has 1 heterocycles. The highest BCUT2D eigenvalue weighted by Gasteiger charge is 2.28. The van der Waals surface area contributed by atoms with Crippen LogP contribution < -0.4 is 21.3 Å². The quantitative estimate of drug-likeness (QED) is 0.726. The van der Waals surface area contributed by atoms with E-state index in [1.54, 1.807) is 13.1 Å². The Morgan fingerprint density at radius 2 is 2.25 bits per heavy atom. The molecule has 0 aliphatic carbocycles. The first kappa shape index (κ1) is 14.8. The smallest absolute Gasteiger partial charge is 0.249 e. The van der Waals surface area contributed by atoms with Gasteiger partial charge in [0.05, 0.1) is 5.56 Å².